The van der Waals surface area contributed by atoms with Crippen LogP contribution in [-0.2, 0) is 17.8 Å². The molecule has 3 aromatic carbocycles. The van der Waals surface area contributed by atoms with E-state index in [1.165, 1.54) is 0 Å². The van der Waals surface area contributed by atoms with Crippen molar-refractivity contribution in [2.24, 2.45) is 5.10 Å². The number of rotatable bonds is 9. The fourth-order valence-corrected chi connectivity index (χ4v) is 3.77. The lowest BCUT2D eigenvalue weighted by molar-refractivity contribution is -0.120. The van der Waals surface area contributed by atoms with E-state index in [0.717, 1.165) is 25.6 Å². The second kappa shape index (κ2) is 12.0. The van der Waals surface area contributed by atoms with Gasteiger partial charge in [0, 0.05) is 9.50 Å². The molecule has 0 spiro atoms. The van der Waals surface area contributed by atoms with Crippen molar-refractivity contribution in [1.82, 2.24) is 5.43 Å². The summed E-state index contributed by atoms with van der Waals surface area (Å²) in [6.07, 6.45) is 1.81. The number of hydrazone groups is 1. The van der Waals surface area contributed by atoms with E-state index in [2.05, 4.69) is 42.4 Å². The summed E-state index contributed by atoms with van der Waals surface area (Å²) in [7, 11) is 0. The highest BCUT2D eigenvalue weighted by molar-refractivity contribution is 9.10. The predicted molar refractivity (Wildman–Crippen MR) is 135 cm³/mol. The van der Waals surface area contributed by atoms with Gasteiger partial charge in [0.1, 0.15) is 6.61 Å². The number of amides is 1. The number of carbonyl (C=O) groups is 1. The van der Waals surface area contributed by atoms with Crippen LogP contribution in [0.4, 0.5) is 0 Å². The molecule has 0 aliphatic carbocycles. The smallest absolute Gasteiger partial charge is 0.244 e. The number of ether oxygens (including phenoxy) is 2. The van der Waals surface area contributed by atoms with Crippen LogP contribution in [0.25, 0.3) is 0 Å². The molecule has 1 amide bonds. The minimum absolute atomic E-state index is 0.199. The Balaban J connectivity index is 1.65. The van der Waals surface area contributed by atoms with Crippen molar-refractivity contribution in [1.29, 1.82) is 0 Å². The maximum atomic E-state index is 12.1. The lowest BCUT2D eigenvalue weighted by Gasteiger charge is -2.14. The van der Waals surface area contributed by atoms with Gasteiger partial charge in [0.2, 0.25) is 5.91 Å². The molecule has 3 rings (SSSR count). The molecule has 1 N–H and O–H groups in total. The average molecular weight is 581 g/mol. The first-order valence-corrected chi connectivity index (χ1v) is 11.8. The van der Waals surface area contributed by atoms with Crippen molar-refractivity contribution in [2.45, 2.75) is 20.0 Å². The molecule has 0 saturated carbocycles. The summed E-state index contributed by atoms with van der Waals surface area (Å²) in [5.41, 5.74) is 5.20. The van der Waals surface area contributed by atoms with Crippen LogP contribution in [0.2, 0.25) is 5.02 Å². The number of carbonyl (C=O) groups excluding carboxylic acids is 1. The van der Waals surface area contributed by atoms with Crippen LogP contribution in [0.5, 0.6) is 11.5 Å². The monoisotopic (exact) mass is 578 g/mol. The van der Waals surface area contributed by atoms with Crippen LogP contribution >= 0.6 is 43.5 Å². The number of nitrogens with zero attached hydrogens (tertiary/aromatic N) is 1. The third-order valence-corrected chi connectivity index (χ3v) is 5.68. The van der Waals surface area contributed by atoms with E-state index in [-0.39, 0.29) is 12.3 Å². The van der Waals surface area contributed by atoms with E-state index in [9.17, 15) is 4.79 Å². The lowest BCUT2D eigenvalue weighted by Crippen LogP contribution is -2.19. The van der Waals surface area contributed by atoms with E-state index in [1.807, 2.05) is 67.6 Å². The molecule has 0 bridgehead atoms. The number of benzene rings is 3. The number of hydrogen-bond donors (Lipinski definition) is 1. The molecule has 0 aromatic heterocycles. The van der Waals surface area contributed by atoms with Gasteiger partial charge in [0.25, 0.3) is 0 Å². The van der Waals surface area contributed by atoms with Crippen molar-refractivity contribution in [2.75, 3.05) is 6.61 Å². The Bertz CT molecular complexity index is 1090. The Morgan fingerprint density at radius 3 is 2.41 bits per heavy atom. The van der Waals surface area contributed by atoms with E-state index in [4.69, 9.17) is 21.1 Å². The molecular formula is C24H21Br2ClN2O3. The van der Waals surface area contributed by atoms with Gasteiger partial charge in [0.05, 0.1) is 23.7 Å². The van der Waals surface area contributed by atoms with Crippen molar-refractivity contribution in [3.8, 4) is 11.5 Å². The van der Waals surface area contributed by atoms with E-state index >= 15 is 0 Å². The molecule has 8 heteroatoms. The molecule has 0 radical (unpaired) electrons. The summed E-state index contributed by atoms with van der Waals surface area (Å²) in [5.74, 6) is 0.979. The Morgan fingerprint density at radius 2 is 1.72 bits per heavy atom. The molecular weight excluding hydrogens is 560 g/mol. The van der Waals surface area contributed by atoms with Gasteiger partial charge in [0.15, 0.2) is 11.5 Å². The van der Waals surface area contributed by atoms with Crippen LogP contribution in [0.15, 0.2) is 74.7 Å². The molecule has 32 heavy (non-hydrogen) atoms. The minimum atomic E-state index is -0.199. The molecule has 0 atom stereocenters. The highest BCUT2D eigenvalue weighted by atomic mass is 79.9. The second-order valence-electron chi connectivity index (χ2n) is 6.77. The highest BCUT2D eigenvalue weighted by Crippen LogP contribution is 2.37. The van der Waals surface area contributed by atoms with Gasteiger partial charge in [-0.15, -0.1) is 0 Å². The van der Waals surface area contributed by atoms with Crippen molar-refractivity contribution in [3.63, 3.8) is 0 Å². The highest BCUT2D eigenvalue weighted by Gasteiger charge is 2.12. The Kier molecular flexibility index (Phi) is 9.14. The Labute approximate surface area is 209 Å². The summed E-state index contributed by atoms with van der Waals surface area (Å²) >= 11 is 12.9. The van der Waals surface area contributed by atoms with Gasteiger partial charge < -0.3 is 9.47 Å². The minimum Gasteiger partial charge on any atom is -0.490 e. The molecule has 166 valence electrons. The van der Waals surface area contributed by atoms with Crippen LogP contribution in [0.1, 0.15) is 23.6 Å². The topological polar surface area (TPSA) is 59.9 Å². The lowest BCUT2D eigenvalue weighted by atomic mass is 10.1. The standard InChI is InChI=1S/C24H21Br2ClN2O3/c1-2-31-22-12-18(14-28-29-23(30)13-16-3-7-19(25)8-4-16)11-21(26)24(22)32-15-17-5-9-20(27)10-6-17/h3-12,14H,2,13,15H2,1H3,(H,29,30)/b28-14-. The maximum Gasteiger partial charge on any atom is 0.244 e. The number of halogens is 3. The van der Waals surface area contributed by atoms with Gasteiger partial charge in [-0.05, 0) is 75.9 Å². The first kappa shape index (κ1) is 24.3. The third-order valence-electron chi connectivity index (χ3n) is 4.31. The van der Waals surface area contributed by atoms with Crippen molar-refractivity contribution in [3.05, 3.63) is 91.3 Å². The van der Waals surface area contributed by atoms with Crippen molar-refractivity contribution >= 4 is 55.6 Å². The van der Waals surface area contributed by atoms with Crippen LogP contribution < -0.4 is 14.9 Å². The second-order valence-corrected chi connectivity index (χ2v) is 8.98. The molecule has 0 aliphatic rings. The van der Waals surface area contributed by atoms with Crippen LogP contribution in [0.3, 0.4) is 0 Å². The molecule has 0 unspecified atom stereocenters. The zero-order chi connectivity index (χ0) is 22.9. The molecule has 0 heterocycles. The maximum absolute atomic E-state index is 12.1. The quantitative estimate of drug-likeness (QED) is 0.231. The molecule has 0 fully saturated rings. The van der Waals surface area contributed by atoms with Gasteiger partial charge in [-0.25, -0.2) is 5.43 Å². The number of hydrogen-bond acceptors (Lipinski definition) is 4. The molecule has 3 aromatic rings. The Morgan fingerprint density at radius 1 is 1.03 bits per heavy atom. The zero-order valence-corrected chi connectivity index (χ0v) is 21.2. The van der Waals surface area contributed by atoms with Crippen LogP contribution in [-0.4, -0.2) is 18.7 Å². The SMILES string of the molecule is CCOc1cc(/C=N\NC(=O)Cc2ccc(Br)cc2)cc(Br)c1OCc1ccc(Cl)cc1. The van der Waals surface area contributed by atoms with Gasteiger partial charge >= 0.3 is 0 Å². The summed E-state index contributed by atoms with van der Waals surface area (Å²) in [6, 6.07) is 18.7. The Hall–Kier alpha value is -2.35. The first-order valence-electron chi connectivity index (χ1n) is 9.84. The van der Waals surface area contributed by atoms with Crippen LogP contribution in [0, 0.1) is 0 Å². The normalized spacial score (nSPS) is 10.9. The van der Waals surface area contributed by atoms with E-state index in [0.29, 0.717) is 29.7 Å². The summed E-state index contributed by atoms with van der Waals surface area (Å²) in [5, 5.41) is 4.74. The zero-order valence-electron chi connectivity index (χ0n) is 17.3. The number of nitrogens with one attached hydrogen (secondary N) is 1. The summed E-state index contributed by atoms with van der Waals surface area (Å²) in [6.45, 7) is 2.75. The van der Waals surface area contributed by atoms with Crippen molar-refractivity contribution < 1.29 is 14.3 Å². The van der Waals surface area contributed by atoms with Gasteiger partial charge in [-0.2, -0.15) is 5.10 Å². The van der Waals surface area contributed by atoms with Gasteiger partial charge in [-0.1, -0.05) is 51.8 Å². The molecule has 0 aliphatic heterocycles. The fraction of sp³-hybridized carbons (Fsp3) is 0.167. The first-order chi connectivity index (χ1) is 15.4. The van der Waals surface area contributed by atoms with E-state index < -0.39 is 0 Å². The third kappa shape index (κ3) is 7.36. The molecule has 0 saturated heterocycles. The fourth-order valence-electron chi connectivity index (χ4n) is 2.81. The predicted octanol–water partition coefficient (Wildman–Crippen LogP) is 6.54. The van der Waals surface area contributed by atoms with E-state index in [1.54, 1.807) is 6.21 Å². The average Bonchev–Trinajstić information content (AvgIpc) is 2.76. The van der Waals surface area contributed by atoms with Gasteiger partial charge in [-0.3, -0.25) is 4.79 Å². The summed E-state index contributed by atoms with van der Waals surface area (Å²) < 4.78 is 13.4. The summed E-state index contributed by atoms with van der Waals surface area (Å²) in [4.78, 5) is 12.1. The largest absolute Gasteiger partial charge is 0.490 e. The molecule has 5 nitrogen and oxygen atoms in total.